The van der Waals surface area contributed by atoms with Gasteiger partial charge in [0.25, 0.3) is 0 Å². The van der Waals surface area contributed by atoms with Crippen LogP contribution in [0.3, 0.4) is 0 Å². The van der Waals surface area contributed by atoms with Gasteiger partial charge in [-0.15, -0.1) is 0 Å². The van der Waals surface area contributed by atoms with Crippen LogP contribution in [0, 0.1) is 0 Å². The van der Waals surface area contributed by atoms with Crippen molar-refractivity contribution in [2.75, 3.05) is 0 Å². The Kier molecular flexibility index (Phi) is 14.8. The van der Waals surface area contributed by atoms with Crippen LogP contribution in [-0.4, -0.2) is 32.4 Å². The molecule has 2 unspecified atom stereocenters. The summed E-state index contributed by atoms with van der Waals surface area (Å²) in [6.07, 6.45) is 1.71. The van der Waals surface area contributed by atoms with Crippen LogP contribution in [0.25, 0.3) is 0 Å². The van der Waals surface area contributed by atoms with E-state index in [4.69, 9.17) is 10.2 Å². The first-order chi connectivity index (χ1) is 13.8. The molecule has 2 aromatic rings. The average molecular weight is 405 g/mol. The molecule has 29 heavy (non-hydrogen) atoms. The van der Waals surface area contributed by atoms with Gasteiger partial charge in [0.05, 0.1) is 12.2 Å². The van der Waals surface area contributed by atoms with E-state index in [0.29, 0.717) is 12.8 Å². The van der Waals surface area contributed by atoms with Gasteiger partial charge in [0.1, 0.15) is 0 Å². The molecular formula is C23H32O6. The maximum absolute atomic E-state index is 10.0. The molecule has 4 N–H and O–H groups in total. The largest absolute Gasteiger partial charge is 0.481 e. The Balaban J connectivity index is 0.000000653. The molecule has 0 aliphatic rings. The SMILES string of the molecule is CCC(=O)O.CCC(=O)O.OC(CCCC(O)c1ccccc1)c1ccccc1. The molecule has 0 aromatic heterocycles. The lowest BCUT2D eigenvalue weighted by atomic mass is 10.00. The van der Waals surface area contributed by atoms with Gasteiger partial charge in [-0.3, -0.25) is 9.59 Å². The molecule has 0 spiro atoms. The van der Waals surface area contributed by atoms with Gasteiger partial charge in [-0.25, -0.2) is 0 Å². The third-order valence-corrected chi connectivity index (χ3v) is 3.93. The van der Waals surface area contributed by atoms with Crippen LogP contribution in [0.2, 0.25) is 0 Å². The lowest BCUT2D eigenvalue weighted by Gasteiger charge is -2.13. The maximum Gasteiger partial charge on any atom is 0.303 e. The van der Waals surface area contributed by atoms with E-state index in [-0.39, 0.29) is 12.8 Å². The zero-order valence-electron chi connectivity index (χ0n) is 17.1. The topological polar surface area (TPSA) is 115 Å². The van der Waals surface area contributed by atoms with E-state index in [1.165, 1.54) is 0 Å². The van der Waals surface area contributed by atoms with Gasteiger partial charge in [0.2, 0.25) is 0 Å². The van der Waals surface area contributed by atoms with Gasteiger partial charge in [-0.2, -0.15) is 0 Å². The number of carbonyl (C=O) groups is 2. The molecule has 6 nitrogen and oxygen atoms in total. The molecule has 0 bridgehead atoms. The summed E-state index contributed by atoms with van der Waals surface area (Å²) in [5.41, 5.74) is 1.88. The number of aliphatic hydroxyl groups excluding tert-OH is 2. The van der Waals surface area contributed by atoms with Gasteiger partial charge in [-0.05, 0) is 30.4 Å². The summed E-state index contributed by atoms with van der Waals surface area (Å²) in [5, 5.41) is 35.5. The molecule has 0 heterocycles. The molecule has 2 aromatic carbocycles. The molecular weight excluding hydrogens is 372 g/mol. The van der Waals surface area contributed by atoms with Crippen LogP contribution in [0.4, 0.5) is 0 Å². The predicted octanol–water partition coefficient (Wildman–Crippen LogP) is 4.59. The lowest BCUT2D eigenvalue weighted by molar-refractivity contribution is -0.137. The molecule has 0 saturated heterocycles. The quantitative estimate of drug-likeness (QED) is 0.512. The van der Waals surface area contributed by atoms with Crippen molar-refractivity contribution >= 4 is 11.9 Å². The van der Waals surface area contributed by atoms with E-state index in [1.54, 1.807) is 13.8 Å². The first-order valence-corrected chi connectivity index (χ1v) is 9.71. The minimum absolute atomic E-state index is 0.222. The van der Waals surface area contributed by atoms with Crippen LogP contribution in [0.1, 0.15) is 69.3 Å². The number of carboxylic acids is 2. The predicted molar refractivity (Wildman–Crippen MR) is 113 cm³/mol. The normalized spacial score (nSPS) is 11.7. The van der Waals surface area contributed by atoms with Gasteiger partial charge >= 0.3 is 11.9 Å². The second-order valence-corrected chi connectivity index (χ2v) is 6.28. The highest BCUT2D eigenvalue weighted by atomic mass is 16.4. The molecule has 0 aliphatic heterocycles. The number of hydrogen-bond acceptors (Lipinski definition) is 4. The number of aliphatic hydroxyl groups is 2. The highest BCUT2D eigenvalue weighted by Crippen LogP contribution is 2.23. The Morgan fingerprint density at radius 1 is 0.690 bits per heavy atom. The van der Waals surface area contributed by atoms with Crippen LogP contribution >= 0.6 is 0 Å². The smallest absolute Gasteiger partial charge is 0.303 e. The molecule has 0 saturated carbocycles. The molecule has 0 radical (unpaired) electrons. The van der Waals surface area contributed by atoms with Crippen molar-refractivity contribution in [3.63, 3.8) is 0 Å². The number of benzene rings is 2. The maximum atomic E-state index is 10.0. The van der Waals surface area contributed by atoms with E-state index in [1.807, 2.05) is 60.7 Å². The summed E-state index contributed by atoms with van der Waals surface area (Å²) in [6, 6.07) is 19.3. The van der Waals surface area contributed by atoms with E-state index in [9.17, 15) is 19.8 Å². The van der Waals surface area contributed by atoms with Crippen molar-refractivity contribution in [1.29, 1.82) is 0 Å². The van der Waals surface area contributed by atoms with Crippen molar-refractivity contribution in [1.82, 2.24) is 0 Å². The van der Waals surface area contributed by atoms with Gasteiger partial charge in [0, 0.05) is 12.8 Å². The third-order valence-electron chi connectivity index (χ3n) is 3.93. The van der Waals surface area contributed by atoms with Crippen molar-refractivity contribution in [2.45, 2.75) is 58.2 Å². The molecule has 160 valence electrons. The van der Waals surface area contributed by atoms with Crippen molar-refractivity contribution in [3.05, 3.63) is 71.8 Å². The van der Waals surface area contributed by atoms with Crippen LogP contribution < -0.4 is 0 Å². The van der Waals surface area contributed by atoms with E-state index < -0.39 is 24.1 Å². The lowest BCUT2D eigenvalue weighted by Crippen LogP contribution is -2.01. The summed E-state index contributed by atoms with van der Waals surface area (Å²) in [4.78, 5) is 18.7. The Hall–Kier alpha value is -2.70. The van der Waals surface area contributed by atoms with Crippen molar-refractivity contribution < 1.29 is 30.0 Å². The molecule has 0 amide bonds. The van der Waals surface area contributed by atoms with E-state index >= 15 is 0 Å². The molecule has 0 aliphatic carbocycles. The van der Waals surface area contributed by atoms with E-state index in [0.717, 1.165) is 17.5 Å². The first kappa shape index (κ1) is 26.3. The summed E-state index contributed by atoms with van der Waals surface area (Å²) < 4.78 is 0. The Morgan fingerprint density at radius 2 is 0.966 bits per heavy atom. The number of rotatable bonds is 8. The molecule has 2 rings (SSSR count). The standard InChI is InChI=1S/C17H20O2.2C3H6O2/c18-16(14-8-3-1-4-9-14)12-7-13-17(19)15-10-5-2-6-11-15;2*1-2-3(4)5/h1-6,8-11,16-19H,7,12-13H2;2*2H2,1H3,(H,4,5). The number of hydrogen-bond donors (Lipinski definition) is 4. The minimum Gasteiger partial charge on any atom is -0.481 e. The van der Waals surface area contributed by atoms with Crippen LogP contribution in [-0.2, 0) is 9.59 Å². The second kappa shape index (κ2) is 16.3. The number of aliphatic carboxylic acids is 2. The minimum atomic E-state index is -0.745. The summed E-state index contributed by atoms with van der Waals surface area (Å²) in [6.45, 7) is 3.20. The zero-order chi connectivity index (χ0) is 22.1. The van der Waals surface area contributed by atoms with E-state index in [2.05, 4.69) is 0 Å². The molecule has 2 atom stereocenters. The first-order valence-electron chi connectivity index (χ1n) is 9.71. The Morgan fingerprint density at radius 3 is 1.21 bits per heavy atom. The van der Waals surface area contributed by atoms with Crippen LogP contribution in [0.5, 0.6) is 0 Å². The van der Waals surface area contributed by atoms with Crippen LogP contribution in [0.15, 0.2) is 60.7 Å². The van der Waals surface area contributed by atoms with Gasteiger partial charge in [-0.1, -0.05) is 74.5 Å². The third kappa shape index (κ3) is 14.0. The van der Waals surface area contributed by atoms with Gasteiger partial charge < -0.3 is 20.4 Å². The second-order valence-electron chi connectivity index (χ2n) is 6.28. The molecule has 6 heteroatoms. The number of carboxylic acid groups (broad SMARTS) is 2. The Labute approximate surface area is 172 Å². The molecule has 0 fully saturated rings. The fourth-order valence-corrected chi connectivity index (χ4v) is 2.19. The monoisotopic (exact) mass is 404 g/mol. The fourth-order valence-electron chi connectivity index (χ4n) is 2.19. The van der Waals surface area contributed by atoms with Crippen molar-refractivity contribution in [3.8, 4) is 0 Å². The average Bonchev–Trinajstić information content (AvgIpc) is 2.75. The van der Waals surface area contributed by atoms with Crippen molar-refractivity contribution in [2.24, 2.45) is 0 Å². The summed E-state index contributed by atoms with van der Waals surface area (Å²) >= 11 is 0. The summed E-state index contributed by atoms with van der Waals surface area (Å²) in [5.74, 6) is -1.49. The zero-order valence-corrected chi connectivity index (χ0v) is 17.1. The highest BCUT2D eigenvalue weighted by molar-refractivity contribution is 5.66. The summed E-state index contributed by atoms with van der Waals surface area (Å²) in [7, 11) is 0. The Bertz CT molecular complexity index is 613. The highest BCUT2D eigenvalue weighted by Gasteiger charge is 2.10. The fraction of sp³-hybridized carbons (Fsp3) is 0.391. The van der Waals surface area contributed by atoms with Gasteiger partial charge in [0.15, 0.2) is 0 Å².